The predicted octanol–water partition coefficient (Wildman–Crippen LogP) is 4.74. The maximum absolute atomic E-state index is 12.4. The van der Waals surface area contributed by atoms with Crippen LogP contribution in [0.4, 0.5) is 0 Å². The molecule has 0 atom stereocenters. The third-order valence-corrected chi connectivity index (χ3v) is 4.25. The van der Waals surface area contributed by atoms with Gasteiger partial charge in [0, 0.05) is 17.4 Å². The van der Waals surface area contributed by atoms with Gasteiger partial charge in [0.05, 0.1) is 0 Å². The van der Waals surface area contributed by atoms with Crippen LogP contribution in [0.3, 0.4) is 0 Å². The Labute approximate surface area is 137 Å². The highest BCUT2D eigenvalue weighted by Gasteiger charge is 2.33. The molecular formula is C19H37NO2. The number of nitrogens with one attached hydrogen (secondary N) is 1. The average Bonchev–Trinajstić information content (AvgIpc) is 2.23. The molecule has 0 unspecified atom stereocenters. The van der Waals surface area contributed by atoms with E-state index in [2.05, 4.69) is 53.8 Å². The Morgan fingerprint density at radius 1 is 0.909 bits per heavy atom. The highest BCUT2D eigenvalue weighted by molar-refractivity contribution is 5.77. The van der Waals surface area contributed by atoms with Crippen LogP contribution in [-0.4, -0.2) is 17.7 Å². The first kappa shape index (κ1) is 21.1. The minimum atomic E-state index is -0.385. The molecule has 0 radical (unpaired) electrons. The Balaban J connectivity index is 4.70. The molecule has 1 amide bonds. The van der Waals surface area contributed by atoms with Gasteiger partial charge in [0.1, 0.15) is 6.29 Å². The van der Waals surface area contributed by atoms with Gasteiger partial charge in [-0.3, -0.25) is 4.79 Å². The van der Waals surface area contributed by atoms with Gasteiger partial charge in [0.2, 0.25) is 5.91 Å². The van der Waals surface area contributed by atoms with E-state index < -0.39 is 0 Å². The van der Waals surface area contributed by atoms with E-state index in [1.54, 1.807) is 0 Å². The Morgan fingerprint density at radius 3 is 1.82 bits per heavy atom. The molecule has 0 aliphatic rings. The lowest BCUT2D eigenvalue weighted by atomic mass is 9.73. The largest absolute Gasteiger partial charge is 0.351 e. The summed E-state index contributed by atoms with van der Waals surface area (Å²) >= 11 is 0. The minimum absolute atomic E-state index is 0.0728. The Kier molecular flexibility index (Phi) is 6.86. The molecule has 0 saturated carbocycles. The monoisotopic (exact) mass is 311 g/mol. The van der Waals surface area contributed by atoms with Gasteiger partial charge in [-0.1, -0.05) is 54.9 Å². The van der Waals surface area contributed by atoms with Gasteiger partial charge in [0.15, 0.2) is 0 Å². The highest BCUT2D eigenvalue weighted by atomic mass is 16.1. The van der Waals surface area contributed by atoms with Crippen molar-refractivity contribution in [3.63, 3.8) is 0 Å². The van der Waals surface area contributed by atoms with Crippen LogP contribution in [-0.2, 0) is 9.59 Å². The molecule has 3 nitrogen and oxygen atoms in total. The van der Waals surface area contributed by atoms with Gasteiger partial charge in [-0.15, -0.1) is 0 Å². The third kappa shape index (κ3) is 8.55. The number of carbonyl (C=O) groups is 2. The third-order valence-electron chi connectivity index (χ3n) is 4.25. The Hall–Kier alpha value is -0.860. The van der Waals surface area contributed by atoms with Gasteiger partial charge in [-0.25, -0.2) is 0 Å². The molecule has 0 fully saturated rings. The van der Waals surface area contributed by atoms with Gasteiger partial charge < -0.3 is 10.1 Å². The molecule has 1 N–H and O–H groups in total. The van der Waals surface area contributed by atoms with Crippen LogP contribution in [0.5, 0.6) is 0 Å². The van der Waals surface area contributed by atoms with Crippen LogP contribution < -0.4 is 5.32 Å². The lowest BCUT2D eigenvalue weighted by Gasteiger charge is -2.37. The first-order valence-corrected chi connectivity index (χ1v) is 8.41. The second kappa shape index (κ2) is 7.14. The second-order valence-corrected chi connectivity index (χ2v) is 9.75. The number of hydrogen-bond acceptors (Lipinski definition) is 2. The summed E-state index contributed by atoms with van der Waals surface area (Å²) in [7, 11) is 0. The lowest BCUT2D eigenvalue weighted by molar-refractivity contribution is -0.126. The summed E-state index contributed by atoms with van der Waals surface area (Å²) in [4.78, 5) is 23.5. The maximum atomic E-state index is 12.4. The fraction of sp³-hybridized carbons (Fsp3) is 0.895. The first-order valence-electron chi connectivity index (χ1n) is 8.41. The van der Waals surface area contributed by atoms with Crippen LogP contribution in [0.2, 0.25) is 0 Å². The zero-order valence-corrected chi connectivity index (χ0v) is 16.2. The highest BCUT2D eigenvalue weighted by Crippen LogP contribution is 2.35. The van der Waals surface area contributed by atoms with Crippen LogP contribution in [0.15, 0.2) is 0 Å². The number of rotatable bonds is 9. The normalized spacial score (nSPS) is 13.9. The van der Waals surface area contributed by atoms with Crippen molar-refractivity contribution in [1.82, 2.24) is 5.32 Å². The first-order chi connectivity index (χ1) is 9.64. The maximum Gasteiger partial charge on any atom is 0.220 e. The van der Waals surface area contributed by atoms with Crippen molar-refractivity contribution in [2.24, 2.45) is 16.2 Å². The van der Waals surface area contributed by atoms with Crippen molar-refractivity contribution in [2.75, 3.05) is 0 Å². The molecular weight excluding hydrogens is 274 g/mol. The van der Waals surface area contributed by atoms with Gasteiger partial charge in [0.25, 0.3) is 0 Å². The molecule has 0 saturated heterocycles. The quantitative estimate of drug-likeness (QED) is 0.625. The van der Waals surface area contributed by atoms with Crippen molar-refractivity contribution < 1.29 is 9.59 Å². The molecule has 0 aliphatic carbocycles. The zero-order valence-electron chi connectivity index (χ0n) is 16.2. The fourth-order valence-corrected chi connectivity index (χ4v) is 3.56. The summed E-state index contributed by atoms with van der Waals surface area (Å²) < 4.78 is 0. The van der Waals surface area contributed by atoms with Gasteiger partial charge >= 0.3 is 0 Å². The topological polar surface area (TPSA) is 46.2 Å². The van der Waals surface area contributed by atoms with Crippen LogP contribution in [0.1, 0.15) is 88.0 Å². The summed E-state index contributed by atoms with van der Waals surface area (Å²) in [6, 6.07) is 0. The minimum Gasteiger partial charge on any atom is -0.351 e. The molecule has 0 aromatic rings. The summed E-state index contributed by atoms with van der Waals surface area (Å²) in [5.74, 6) is 0.0728. The van der Waals surface area contributed by atoms with Crippen molar-refractivity contribution in [1.29, 1.82) is 0 Å². The number of hydrogen-bond donors (Lipinski definition) is 1. The van der Waals surface area contributed by atoms with Crippen molar-refractivity contribution in [3.05, 3.63) is 0 Å². The van der Waals surface area contributed by atoms with E-state index in [1.807, 2.05) is 13.8 Å². The molecule has 0 spiro atoms. The molecule has 3 heteroatoms. The van der Waals surface area contributed by atoms with Gasteiger partial charge in [-0.05, 0) is 37.5 Å². The van der Waals surface area contributed by atoms with E-state index in [0.29, 0.717) is 12.8 Å². The number of carbonyl (C=O) groups excluding carboxylic acids is 2. The Bertz CT molecular complexity index is 392. The van der Waals surface area contributed by atoms with E-state index >= 15 is 0 Å². The summed E-state index contributed by atoms with van der Waals surface area (Å²) in [6.07, 6.45) is 4.17. The molecule has 0 heterocycles. The van der Waals surface area contributed by atoms with Gasteiger partial charge in [-0.2, -0.15) is 0 Å². The van der Waals surface area contributed by atoms with E-state index in [0.717, 1.165) is 19.1 Å². The molecule has 0 aromatic carbocycles. The molecule has 0 bridgehead atoms. The summed E-state index contributed by atoms with van der Waals surface area (Å²) in [5, 5.41) is 3.18. The van der Waals surface area contributed by atoms with Crippen molar-refractivity contribution >= 4 is 12.2 Å². The van der Waals surface area contributed by atoms with Crippen molar-refractivity contribution in [3.8, 4) is 0 Å². The molecule has 130 valence electrons. The Morgan fingerprint density at radius 2 is 1.41 bits per heavy atom. The molecule has 22 heavy (non-hydrogen) atoms. The number of aldehydes is 1. The van der Waals surface area contributed by atoms with Crippen LogP contribution >= 0.6 is 0 Å². The van der Waals surface area contributed by atoms with Crippen molar-refractivity contribution in [2.45, 2.75) is 93.5 Å². The van der Waals surface area contributed by atoms with E-state index in [1.165, 1.54) is 0 Å². The fourth-order valence-electron chi connectivity index (χ4n) is 3.56. The van der Waals surface area contributed by atoms with Crippen LogP contribution in [0.25, 0.3) is 0 Å². The average molecular weight is 312 g/mol. The van der Waals surface area contributed by atoms with E-state index in [4.69, 9.17) is 0 Å². The zero-order chi connectivity index (χ0) is 17.8. The summed E-state index contributed by atoms with van der Waals surface area (Å²) in [6.45, 7) is 18.8. The molecule has 0 rings (SSSR count). The second-order valence-electron chi connectivity index (χ2n) is 9.75. The number of amides is 1. The molecule has 0 aliphatic heterocycles. The lowest BCUT2D eigenvalue weighted by Crippen LogP contribution is -2.47. The van der Waals surface area contributed by atoms with E-state index in [-0.39, 0.29) is 27.7 Å². The summed E-state index contributed by atoms with van der Waals surface area (Å²) in [5.41, 5.74) is -0.576. The smallest absolute Gasteiger partial charge is 0.220 e. The van der Waals surface area contributed by atoms with Crippen LogP contribution in [0, 0.1) is 16.2 Å². The predicted molar refractivity (Wildman–Crippen MR) is 93.8 cm³/mol. The standard InChI is InChI=1S/C19H37NO2/c1-10-16(2,3)13-19(8,9)20-15(22)11-17(4,5)12-18(6,7)14-21/h14H,10-13H2,1-9H3,(H,20,22). The SMILES string of the molecule is CCC(C)(C)CC(C)(C)NC(=O)CC(C)(C)CC(C)(C)C=O. The van der Waals surface area contributed by atoms with E-state index in [9.17, 15) is 9.59 Å². The molecule has 0 aromatic heterocycles.